The Labute approximate surface area is 112 Å². The normalized spacial score (nSPS) is 10.2. The van der Waals surface area contributed by atoms with Gasteiger partial charge in [0.25, 0.3) is 0 Å². The first-order valence-electron chi connectivity index (χ1n) is 6.15. The summed E-state index contributed by atoms with van der Waals surface area (Å²) >= 11 is 0. The molecule has 100 valence electrons. The van der Waals surface area contributed by atoms with Crippen molar-refractivity contribution in [1.29, 1.82) is 0 Å². The second-order valence-corrected chi connectivity index (χ2v) is 4.32. The first-order valence-corrected chi connectivity index (χ1v) is 6.15. The molecule has 0 aliphatic rings. The van der Waals surface area contributed by atoms with Gasteiger partial charge in [-0.05, 0) is 31.0 Å². The van der Waals surface area contributed by atoms with Crippen molar-refractivity contribution in [2.45, 2.75) is 20.3 Å². The molecule has 1 aromatic heterocycles. The minimum Gasteiger partial charge on any atom is -0.493 e. The molecule has 19 heavy (non-hydrogen) atoms. The number of nitrogens with zero attached hydrogens (tertiary/aromatic N) is 1. The van der Waals surface area contributed by atoms with Crippen LogP contribution in [0.3, 0.4) is 0 Å². The smallest absolute Gasteiger partial charge is 0.228 e. The van der Waals surface area contributed by atoms with Gasteiger partial charge >= 0.3 is 0 Å². The van der Waals surface area contributed by atoms with Crippen molar-refractivity contribution in [2.75, 3.05) is 11.9 Å². The van der Waals surface area contributed by atoms with E-state index in [4.69, 9.17) is 4.74 Å². The summed E-state index contributed by atoms with van der Waals surface area (Å²) in [6.45, 7) is 4.40. The summed E-state index contributed by atoms with van der Waals surface area (Å²) in [6.07, 6.45) is 1.88. The fraction of sp³-hybridized carbons (Fsp3) is 0.286. The molecule has 2 N–H and O–H groups in total. The van der Waals surface area contributed by atoms with Gasteiger partial charge in [-0.15, -0.1) is 0 Å². The van der Waals surface area contributed by atoms with Crippen LogP contribution in [-0.4, -0.2) is 22.7 Å². The maximum Gasteiger partial charge on any atom is 0.228 e. The maximum atomic E-state index is 11.6. The topological polar surface area (TPSA) is 67.0 Å². The summed E-state index contributed by atoms with van der Waals surface area (Å²) in [5, 5.41) is 9.12. The minimum atomic E-state index is -0.102. The number of rotatable bonds is 5. The van der Waals surface area contributed by atoms with E-state index in [1.807, 2.05) is 32.0 Å². The van der Waals surface area contributed by atoms with Crippen LogP contribution in [-0.2, 0) is 4.79 Å². The Morgan fingerprint density at radius 3 is 2.95 bits per heavy atom. The van der Waals surface area contributed by atoms with Gasteiger partial charge in [0.1, 0.15) is 11.6 Å². The van der Waals surface area contributed by atoms with E-state index in [0.29, 0.717) is 18.8 Å². The molecule has 0 unspecified atom stereocenters. The predicted molar refractivity (Wildman–Crippen MR) is 73.2 cm³/mol. The number of ether oxygens (including phenoxy) is 1. The molecule has 0 fully saturated rings. The van der Waals surface area contributed by atoms with E-state index in [0.717, 1.165) is 11.3 Å². The Kier molecular flexibility index (Phi) is 4.18. The van der Waals surface area contributed by atoms with Crippen LogP contribution in [0.15, 0.2) is 30.5 Å². The van der Waals surface area contributed by atoms with Gasteiger partial charge in [0.2, 0.25) is 5.91 Å². The quantitative estimate of drug-likeness (QED) is 0.866. The molecule has 0 aliphatic heterocycles. The number of aromatic amines is 1. The Balaban J connectivity index is 1.80. The van der Waals surface area contributed by atoms with Gasteiger partial charge in [-0.25, -0.2) is 0 Å². The number of H-pyrrole nitrogens is 1. The number of nitrogens with one attached hydrogen (secondary N) is 2. The highest BCUT2D eigenvalue weighted by Gasteiger charge is 2.05. The van der Waals surface area contributed by atoms with E-state index < -0.39 is 0 Å². The van der Waals surface area contributed by atoms with Crippen molar-refractivity contribution < 1.29 is 9.53 Å². The van der Waals surface area contributed by atoms with Gasteiger partial charge < -0.3 is 10.1 Å². The van der Waals surface area contributed by atoms with Crippen molar-refractivity contribution >= 4 is 11.7 Å². The summed E-state index contributed by atoms with van der Waals surface area (Å²) < 4.78 is 5.62. The van der Waals surface area contributed by atoms with E-state index >= 15 is 0 Å². The number of hydrogen-bond acceptors (Lipinski definition) is 3. The molecule has 0 aliphatic carbocycles. The van der Waals surface area contributed by atoms with E-state index in [2.05, 4.69) is 15.5 Å². The van der Waals surface area contributed by atoms with Crippen LogP contribution in [0.1, 0.15) is 17.5 Å². The second kappa shape index (κ2) is 6.04. The molecule has 0 bridgehead atoms. The maximum absolute atomic E-state index is 11.6. The molecule has 1 amide bonds. The highest BCUT2D eigenvalue weighted by molar-refractivity contribution is 5.89. The zero-order chi connectivity index (χ0) is 13.7. The van der Waals surface area contributed by atoms with E-state index in [9.17, 15) is 4.79 Å². The Bertz CT molecular complexity index is 550. The van der Waals surface area contributed by atoms with Crippen molar-refractivity contribution in [3.8, 4) is 5.75 Å². The number of hydrogen-bond donors (Lipinski definition) is 2. The lowest BCUT2D eigenvalue weighted by molar-refractivity contribution is -0.116. The van der Waals surface area contributed by atoms with Gasteiger partial charge in [-0.1, -0.05) is 12.1 Å². The third-order valence-corrected chi connectivity index (χ3v) is 2.92. The molecule has 0 saturated heterocycles. The summed E-state index contributed by atoms with van der Waals surface area (Å²) in [5.41, 5.74) is 2.29. The largest absolute Gasteiger partial charge is 0.493 e. The van der Waals surface area contributed by atoms with Gasteiger partial charge in [0.15, 0.2) is 0 Å². The number of benzene rings is 1. The molecule has 1 aromatic carbocycles. The predicted octanol–water partition coefficient (Wildman–Crippen LogP) is 2.43. The van der Waals surface area contributed by atoms with Gasteiger partial charge in [0, 0.05) is 6.07 Å². The van der Waals surface area contributed by atoms with Crippen LogP contribution in [0, 0.1) is 13.8 Å². The van der Waals surface area contributed by atoms with Crippen molar-refractivity contribution in [2.24, 2.45) is 0 Å². The SMILES string of the molecule is Cc1cccc(OCCC(=O)Nc2ccn[nH]2)c1C. The number of carbonyl (C=O) groups is 1. The van der Waals surface area contributed by atoms with Crippen LogP contribution in [0.5, 0.6) is 5.75 Å². The van der Waals surface area contributed by atoms with E-state index in [1.165, 1.54) is 5.56 Å². The first-order chi connectivity index (χ1) is 9.16. The lowest BCUT2D eigenvalue weighted by atomic mass is 10.1. The summed E-state index contributed by atoms with van der Waals surface area (Å²) in [4.78, 5) is 11.6. The third-order valence-electron chi connectivity index (χ3n) is 2.92. The Morgan fingerprint density at radius 2 is 2.21 bits per heavy atom. The number of aryl methyl sites for hydroxylation is 1. The van der Waals surface area contributed by atoms with Crippen LogP contribution >= 0.6 is 0 Å². The lowest BCUT2D eigenvalue weighted by Crippen LogP contribution is -2.15. The molecular weight excluding hydrogens is 242 g/mol. The highest BCUT2D eigenvalue weighted by Crippen LogP contribution is 2.20. The van der Waals surface area contributed by atoms with Crippen molar-refractivity contribution in [1.82, 2.24) is 10.2 Å². The average Bonchev–Trinajstić information content (AvgIpc) is 2.87. The van der Waals surface area contributed by atoms with Crippen molar-refractivity contribution in [3.63, 3.8) is 0 Å². The van der Waals surface area contributed by atoms with Crippen LogP contribution in [0.25, 0.3) is 0 Å². The molecule has 2 aromatic rings. The standard InChI is InChI=1S/C14H17N3O2/c1-10-4-3-5-12(11(10)2)19-9-7-14(18)16-13-6-8-15-17-13/h3-6,8H,7,9H2,1-2H3,(H2,15,16,17,18). The second-order valence-electron chi connectivity index (χ2n) is 4.32. The summed E-state index contributed by atoms with van der Waals surface area (Å²) in [6, 6.07) is 7.59. The molecule has 0 atom stereocenters. The van der Waals surface area contributed by atoms with Gasteiger partial charge in [-0.3, -0.25) is 9.89 Å². The van der Waals surface area contributed by atoms with Crippen LogP contribution in [0.2, 0.25) is 0 Å². The van der Waals surface area contributed by atoms with Gasteiger partial charge in [-0.2, -0.15) is 5.10 Å². The average molecular weight is 259 g/mol. The van der Waals surface area contributed by atoms with Crippen LogP contribution < -0.4 is 10.1 Å². The summed E-state index contributed by atoms with van der Waals surface area (Å²) in [5.74, 6) is 1.32. The fourth-order valence-corrected chi connectivity index (χ4v) is 1.67. The van der Waals surface area contributed by atoms with E-state index in [1.54, 1.807) is 12.3 Å². The molecule has 0 saturated carbocycles. The molecule has 5 heteroatoms. The molecule has 0 radical (unpaired) electrons. The molecule has 1 heterocycles. The number of anilines is 1. The minimum absolute atomic E-state index is 0.102. The lowest BCUT2D eigenvalue weighted by Gasteiger charge is -2.10. The molecule has 2 rings (SSSR count). The molecular formula is C14H17N3O2. The van der Waals surface area contributed by atoms with Crippen LogP contribution in [0.4, 0.5) is 5.82 Å². The Hall–Kier alpha value is -2.30. The summed E-state index contributed by atoms with van der Waals surface area (Å²) in [7, 11) is 0. The van der Waals surface area contributed by atoms with Gasteiger partial charge in [0.05, 0.1) is 19.2 Å². The Morgan fingerprint density at radius 1 is 1.37 bits per heavy atom. The van der Waals surface area contributed by atoms with E-state index in [-0.39, 0.29) is 5.91 Å². The number of amides is 1. The highest BCUT2D eigenvalue weighted by atomic mass is 16.5. The third kappa shape index (κ3) is 3.58. The first kappa shape index (κ1) is 13.1. The molecule has 5 nitrogen and oxygen atoms in total. The fourth-order valence-electron chi connectivity index (χ4n) is 1.67. The monoisotopic (exact) mass is 259 g/mol. The number of aromatic nitrogens is 2. The zero-order valence-electron chi connectivity index (χ0n) is 11.1. The zero-order valence-corrected chi connectivity index (χ0v) is 11.1. The number of carbonyl (C=O) groups excluding carboxylic acids is 1. The molecule has 0 spiro atoms. The van der Waals surface area contributed by atoms with Crippen molar-refractivity contribution in [3.05, 3.63) is 41.6 Å².